The first-order valence-electron chi connectivity index (χ1n) is 7.34. The van der Waals surface area contributed by atoms with Crippen LogP contribution >= 0.6 is 11.8 Å². The molecule has 2 aromatic rings. The Morgan fingerprint density at radius 1 is 1.21 bits per heavy atom. The zero-order chi connectivity index (χ0) is 17.5. The van der Waals surface area contributed by atoms with Crippen molar-refractivity contribution in [3.8, 4) is 0 Å². The van der Waals surface area contributed by atoms with E-state index in [2.05, 4.69) is 20.8 Å². The van der Waals surface area contributed by atoms with Crippen molar-refractivity contribution in [2.75, 3.05) is 5.75 Å². The van der Waals surface area contributed by atoms with E-state index in [1.807, 2.05) is 13.8 Å². The molecule has 2 rings (SSSR count). The van der Waals surface area contributed by atoms with Crippen LogP contribution in [0.1, 0.15) is 35.8 Å². The minimum Gasteiger partial charge on any atom is -0.301 e. The summed E-state index contributed by atoms with van der Waals surface area (Å²) in [6, 6.07) is 9.98. The lowest BCUT2D eigenvalue weighted by molar-refractivity contribution is -0.119. The Hall–Kier alpha value is -2.61. The SMILES string of the molecule is CC(C)c1cc(=O)[nH]c(SCC(=O)NNC(=O)c2ccccc2)n1. The number of thioether (sulfide) groups is 1. The van der Waals surface area contributed by atoms with Gasteiger partial charge in [0.05, 0.1) is 11.4 Å². The van der Waals surface area contributed by atoms with Crippen LogP contribution in [0.25, 0.3) is 0 Å². The van der Waals surface area contributed by atoms with Gasteiger partial charge in [0.15, 0.2) is 5.16 Å². The summed E-state index contributed by atoms with van der Waals surface area (Å²) in [6.45, 7) is 3.87. The molecular weight excluding hydrogens is 328 g/mol. The molecule has 7 nitrogen and oxygen atoms in total. The molecule has 0 saturated heterocycles. The van der Waals surface area contributed by atoms with Gasteiger partial charge in [0.2, 0.25) is 5.91 Å². The van der Waals surface area contributed by atoms with Crippen LogP contribution in [-0.4, -0.2) is 27.5 Å². The number of amides is 2. The molecule has 0 saturated carbocycles. The molecule has 1 aromatic carbocycles. The van der Waals surface area contributed by atoms with Gasteiger partial charge in [-0.3, -0.25) is 25.2 Å². The summed E-state index contributed by atoms with van der Waals surface area (Å²) in [4.78, 5) is 42.0. The van der Waals surface area contributed by atoms with Crippen LogP contribution in [0, 0.1) is 0 Å². The normalized spacial score (nSPS) is 10.5. The van der Waals surface area contributed by atoms with Gasteiger partial charge in [0.1, 0.15) is 0 Å². The van der Waals surface area contributed by atoms with E-state index in [1.165, 1.54) is 6.07 Å². The topological polar surface area (TPSA) is 104 Å². The number of rotatable bonds is 5. The zero-order valence-electron chi connectivity index (χ0n) is 13.3. The summed E-state index contributed by atoms with van der Waals surface area (Å²) < 4.78 is 0. The van der Waals surface area contributed by atoms with Gasteiger partial charge in [-0.25, -0.2) is 4.98 Å². The highest BCUT2D eigenvalue weighted by atomic mass is 32.2. The second-order valence-electron chi connectivity index (χ2n) is 5.29. The summed E-state index contributed by atoms with van der Waals surface area (Å²) in [5, 5.41) is 0.371. The van der Waals surface area contributed by atoms with E-state index in [-0.39, 0.29) is 17.2 Å². The number of aromatic nitrogens is 2. The first-order chi connectivity index (χ1) is 11.5. The second kappa shape index (κ2) is 8.30. The van der Waals surface area contributed by atoms with Crippen molar-refractivity contribution in [2.45, 2.75) is 24.9 Å². The second-order valence-corrected chi connectivity index (χ2v) is 6.25. The Kier molecular flexibility index (Phi) is 6.14. The lowest BCUT2D eigenvalue weighted by Gasteiger charge is -2.08. The molecule has 1 heterocycles. The molecule has 8 heteroatoms. The number of benzene rings is 1. The molecule has 126 valence electrons. The van der Waals surface area contributed by atoms with Crippen molar-refractivity contribution in [1.29, 1.82) is 0 Å². The predicted octanol–water partition coefficient (Wildman–Crippen LogP) is 1.45. The van der Waals surface area contributed by atoms with Crippen molar-refractivity contribution in [2.24, 2.45) is 0 Å². The Morgan fingerprint density at radius 3 is 2.58 bits per heavy atom. The van der Waals surface area contributed by atoms with Crippen molar-refractivity contribution in [1.82, 2.24) is 20.8 Å². The quantitative estimate of drug-likeness (QED) is 0.432. The van der Waals surface area contributed by atoms with Gasteiger partial charge >= 0.3 is 0 Å². The van der Waals surface area contributed by atoms with Crippen LogP contribution in [0.4, 0.5) is 0 Å². The monoisotopic (exact) mass is 346 g/mol. The Labute approximate surface area is 143 Å². The number of aromatic amines is 1. The fourth-order valence-electron chi connectivity index (χ4n) is 1.78. The third-order valence-electron chi connectivity index (χ3n) is 3.02. The first-order valence-corrected chi connectivity index (χ1v) is 8.32. The number of carbonyl (C=O) groups is 2. The van der Waals surface area contributed by atoms with E-state index in [0.717, 1.165) is 11.8 Å². The molecule has 0 aliphatic heterocycles. The van der Waals surface area contributed by atoms with Gasteiger partial charge in [-0.05, 0) is 18.1 Å². The molecular formula is C16H18N4O3S. The number of nitrogens with zero attached hydrogens (tertiary/aromatic N) is 1. The largest absolute Gasteiger partial charge is 0.301 e. The van der Waals surface area contributed by atoms with E-state index >= 15 is 0 Å². The van der Waals surface area contributed by atoms with Crippen LogP contribution in [0.3, 0.4) is 0 Å². The van der Waals surface area contributed by atoms with Crippen LogP contribution in [0.5, 0.6) is 0 Å². The molecule has 0 fully saturated rings. The summed E-state index contributed by atoms with van der Waals surface area (Å²) in [7, 11) is 0. The zero-order valence-corrected chi connectivity index (χ0v) is 14.1. The number of hydrazine groups is 1. The molecule has 24 heavy (non-hydrogen) atoms. The Morgan fingerprint density at radius 2 is 1.92 bits per heavy atom. The van der Waals surface area contributed by atoms with Crippen molar-refractivity contribution in [3.63, 3.8) is 0 Å². The molecule has 0 bridgehead atoms. The summed E-state index contributed by atoms with van der Waals surface area (Å²) in [5.74, 6) is -0.672. The van der Waals surface area contributed by atoms with Gasteiger partial charge in [-0.1, -0.05) is 43.8 Å². The highest BCUT2D eigenvalue weighted by molar-refractivity contribution is 7.99. The van der Waals surface area contributed by atoms with Crippen LogP contribution in [0.15, 0.2) is 46.3 Å². The maximum atomic E-state index is 11.8. The number of H-pyrrole nitrogens is 1. The maximum absolute atomic E-state index is 11.8. The van der Waals surface area contributed by atoms with Gasteiger partial charge in [-0.15, -0.1) is 0 Å². The molecule has 0 spiro atoms. The number of nitrogens with one attached hydrogen (secondary N) is 3. The lowest BCUT2D eigenvalue weighted by atomic mass is 10.1. The van der Waals surface area contributed by atoms with E-state index in [9.17, 15) is 14.4 Å². The van der Waals surface area contributed by atoms with Gasteiger partial charge in [-0.2, -0.15) is 0 Å². The molecule has 3 N–H and O–H groups in total. The Bertz CT molecular complexity index is 774. The molecule has 0 unspecified atom stereocenters. The third-order valence-corrected chi connectivity index (χ3v) is 3.90. The number of hydrogen-bond acceptors (Lipinski definition) is 5. The first kappa shape index (κ1) is 17.7. The lowest BCUT2D eigenvalue weighted by Crippen LogP contribution is -2.42. The van der Waals surface area contributed by atoms with Crippen molar-refractivity contribution in [3.05, 3.63) is 58.0 Å². The number of hydrogen-bond donors (Lipinski definition) is 3. The average molecular weight is 346 g/mol. The number of carbonyl (C=O) groups excluding carboxylic acids is 2. The van der Waals surface area contributed by atoms with Crippen LogP contribution in [-0.2, 0) is 4.79 Å². The average Bonchev–Trinajstić information content (AvgIpc) is 2.58. The van der Waals surface area contributed by atoms with Crippen LogP contribution in [0.2, 0.25) is 0 Å². The van der Waals surface area contributed by atoms with E-state index in [0.29, 0.717) is 16.4 Å². The molecule has 2 amide bonds. The molecule has 1 aromatic heterocycles. The highest BCUT2D eigenvalue weighted by Crippen LogP contribution is 2.14. The van der Waals surface area contributed by atoms with Gasteiger partial charge in [0.25, 0.3) is 11.5 Å². The summed E-state index contributed by atoms with van der Waals surface area (Å²) >= 11 is 1.09. The minimum absolute atomic E-state index is 0.0135. The molecule has 0 atom stereocenters. The van der Waals surface area contributed by atoms with Gasteiger partial charge in [0, 0.05) is 11.6 Å². The molecule has 0 aliphatic carbocycles. The van der Waals surface area contributed by atoms with Gasteiger partial charge < -0.3 is 4.98 Å². The summed E-state index contributed by atoms with van der Waals surface area (Å²) in [6.07, 6.45) is 0. The third kappa shape index (κ3) is 5.24. The van der Waals surface area contributed by atoms with E-state index in [1.54, 1.807) is 30.3 Å². The minimum atomic E-state index is -0.401. The van der Waals surface area contributed by atoms with Crippen molar-refractivity contribution < 1.29 is 9.59 Å². The maximum Gasteiger partial charge on any atom is 0.269 e. The van der Waals surface area contributed by atoms with Crippen LogP contribution < -0.4 is 16.4 Å². The Balaban J connectivity index is 1.85. The molecule has 0 radical (unpaired) electrons. The van der Waals surface area contributed by atoms with E-state index in [4.69, 9.17) is 0 Å². The standard InChI is InChI=1S/C16H18N4O3S/c1-10(2)12-8-13(21)18-16(17-12)24-9-14(22)19-20-15(23)11-6-4-3-5-7-11/h3-8,10H,9H2,1-2H3,(H,19,22)(H,20,23)(H,17,18,21). The molecule has 0 aliphatic rings. The van der Waals surface area contributed by atoms with E-state index < -0.39 is 11.8 Å². The smallest absolute Gasteiger partial charge is 0.269 e. The summed E-state index contributed by atoms with van der Waals surface area (Å²) in [5.41, 5.74) is 5.51. The van der Waals surface area contributed by atoms with Crippen molar-refractivity contribution >= 4 is 23.6 Å². The highest BCUT2D eigenvalue weighted by Gasteiger charge is 2.10. The predicted molar refractivity (Wildman–Crippen MR) is 91.7 cm³/mol. The fraction of sp³-hybridized carbons (Fsp3) is 0.250. The fourth-order valence-corrected chi connectivity index (χ4v) is 2.46.